The molecule has 1 heterocycles. The van der Waals surface area contributed by atoms with E-state index in [9.17, 15) is 0 Å². The van der Waals surface area contributed by atoms with Gasteiger partial charge in [0.15, 0.2) is 5.58 Å². The number of anilines is 3. The normalized spacial score (nSPS) is 11.3. The highest BCUT2D eigenvalue weighted by molar-refractivity contribution is 6.11. The maximum Gasteiger partial charge on any atom is 0.159 e. The highest BCUT2D eigenvalue weighted by Gasteiger charge is 2.25. The van der Waals surface area contributed by atoms with Gasteiger partial charge in [0, 0.05) is 22.0 Å². The lowest BCUT2D eigenvalue weighted by Crippen LogP contribution is -2.11. The summed E-state index contributed by atoms with van der Waals surface area (Å²) < 4.78 is 6.79. The number of furan rings is 1. The maximum absolute atomic E-state index is 6.79. The molecule has 0 spiro atoms. The summed E-state index contributed by atoms with van der Waals surface area (Å²) in [5, 5.41) is 4.66. The smallest absolute Gasteiger partial charge is 0.159 e. The minimum atomic E-state index is 0.847. The monoisotopic (exact) mass is 765 g/mol. The summed E-state index contributed by atoms with van der Waals surface area (Å²) in [6.07, 6.45) is 0. The van der Waals surface area contributed by atoms with E-state index in [1.807, 2.05) is 6.07 Å². The average Bonchev–Trinajstić information content (AvgIpc) is 3.72. The molecule has 2 nitrogen and oxygen atoms in total. The molecule has 0 saturated heterocycles. The second kappa shape index (κ2) is 15.1. The van der Waals surface area contributed by atoms with Gasteiger partial charge < -0.3 is 9.32 Å². The number of nitrogens with zero attached hydrogens (tertiary/aromatic N) is 1. The summed E-state index contributed by atoms with van der Waals surface area (Å²) >= 11 is 0. The Morgan fingerprint density at radius 3 is 1.58 bits per heavy atom. The van der Waals surface area contributed by atoms with Gasteiger partial charge >= 0.3 is 0 Å². The molecular weight excluding hydrogens is 727 g/mol. The topological polar surface area (TPSA) is 16.4 Å². The first kappa shape index (κ1) is 35.2. The minimum absolute atomic E-state index is 0.847. The van der Waals surface area contributed by atoms with E-state index >= 15 is 0 Å². The molecule has 0 fully saturated rings. The quantitative estimate of drug-likeness (QED) is 0.153. The van der Waals surface area contributed by atoms with Crippen molar-refractivity contribution < 1.29 is 4.42 Å². The summed E-state index contributed by atoms with van der Waals surface area (Å²) in [6.45, 7) is 0. The molecule has 0 aliphatic carbocycles. The van der Waals surface area contributed by atoms with Crippen molar-refractivity contribution in [3.8, 4) is 55.6 Å². The van der Waals surface area contributed by atoms with Crippen molar-refractivity contribution in [2.45, 2.75) is 0 Å². The number of para-hydroxylation sites is 3. The number of hydrogen-bond donors (Lipinski definition) is 0. The van der Waals surface area contributed by atoms with Crippen molar-refractivity contribution in [1.29, 1.82) is 0 Å². The average molecular weight is 766 g/mol. The number of rotatable bonds is 8. The van der Waals surface area contributed by atoms with Gasteiger partial charge in [-0.15, -0.1) is 0 Å². The fourth-order valence-electron chi connectivity index (χ4n) is 8.98. The van der Waals surface area contributed by atoms with Crippen molar-refractivity contribution in [2.75, 3.05) is 4.90 Å². The summed E-state index contributed by atoms with van der Waals surface area (Å²) in [5.41, 5.74) is 16.5. The standard InChI is InChI=1S/C58H39NO/c1-3-18-40(19-4-1)47-25-9-10-28-51(47)57-48(42-20-5-2-6-21-42)30-16-31-52(57)49-26-11-13-33-54(49)59(55-34-17-32-53-50-27-12-14-35-56(50)60-58(53)55)44-38-36-43(37-39-44)46-29-15-23-41-22-7-8-24-45(41)46/h1-39H. The zero-order chi connectivity index (χ0) is 39.8. The molecule has 0 amide bonds. The zero-order valence-electron chi connectivity index (χ0n) is 32.9. The third kappa shape index (κ3) is 6.14. The Bertz CT molecular complexity index is 3300. The second-order valence-electron chi connectivity index (χ2n) is 15.2. The number of fused-ring (bicyclic) bond motifs is 4. The van der Waals surface area contributed by atoms with Gasteiger partial charge in [-0.05, 0) is 91.2 Å². The van der Waals surface area contributed by atoms with E-state index in [1.165, 1.54) is 55.3 Å². The van der Waals surface area contributed by atoms with Crippen LogP contribution in [0.1, 0.15) is 0 Å². The van der Waals surface area contributed by atoms with Gasteiger partial charge in [0.2, 0.25) is 0 Å². The Morgan fingerprint density at radius 2 is 0.783 bits per heavy atom. The first-order valence-electron chi connectivity index (χ1n) is 20.5. The Kier molecular flexibility index (Phi) is 8.87. The molecular formula is C58H39NO. The van der Waals surface area contributed by atoms with Crippen LogP contribution in [-0.4, -0.2) is 0 Å². The highest BCUT2D eigenvalue weighted by Crippen LogP contribution is 2.50. The fourth-order valence-corrected chi connectivity index (χ4v) is 8.98. The van der Waals surface area contributed by atoms with Crippen LogP contribution in [0.25, 0.3) is 88.3 Å². The van der Waals surface area contributed by atoms with Gasteiger partial charge in [0.1, 0.15) is 5.58 Å². The van der Waals surface area contributed by atoms with E-state index < -0.39 is 0 Å². The molecule has 0 N–H and O–H groups in total. The van der Waals surface area contributed by atoms with Crippen LogP contribution >= 0.6 is 0 Å². The molecule has 282 valence electrons. The molecule has 60 heavy (non-hydrogen) atoms. The third-order valence-corrected chi connectivity index (χ3v) is 11.7. The molecule has 0 atom stereocenters. The minimum Gasteiger partial charge on any atom is -0.454 e. The van der Waals surface area contributed by atoms with E-state index in [2.05, 4.69) is 235 Å². The summed E-state index contributed by atoms with van der Waals surface area (Å²) in [4.78, 5) is 2.38. The van der Waals surface area contributed by atoms with Gasteiger partial charge in [-0.3, -0.25) is 0 Å². The molecule has 0 saturated carbocycles. The van der Waals surface area contributed by atoms with Crippen molar-refractivity contribution >= 4 is 49.8 Å². The first-order valence-corrected chi connectivity index (χ1v) is 20.5. The highest BCUT2D eigenvalue weighted by atomic mass is 16.3. The Balaban J connectivity index is 1.17. The SMILES string of the molecule is c1ccc(-c2ccccc2-c2c(-c3ccccc3)cccc2-c2ccccc2N(c2ccc(-c3cccc4ccccc34)cc2)c2cccc3c2oc2ccccc23)cc1. The molecule has 0 aliphatic rings. The van der Waals surface area contributed by atoms with E-state index in [0.29, 0.717) is 0 Å². The predicted octanol–water partition coefficient (Wildman–Crippen LogP) is 16.5. The lowest BCUT2D eigenvalue weighted by molar-refractivity contribution is 0.669. The first-order chi connectivity index (χ1) is 29.8. The van der Waals surface area contributed by atoms with Gasteiger partial charge in [0.25, 0.3) is 0 Å². The maximum atomic E-state index is 6.79. The molecule has 11 aromatic rings. The molecule has 0 bridgehead atoms. The fraction of sp³-hybridized carbons (Fsp3) is 0. The third-order valence-electron chi connectivity index (χ3n) is 11.7. The van der Waals surface area contributed by atoms with E-state index in [1.54, 1.807) is 0 Å². The Morgan fingerprint density at radius 1 is 0.283 bits per heavy atom. The Labute approximate surface area is 349 Å². The molecule has 0 radical (unpaired) electrons. The summed E-state index contributed by atoms with van der Waals surface area (Å²) in [6, 6.07) is 84.9. The van der Waals surface area contributed by atoms with Gasteiger partial charge in [-0.2, -0.15) is 0 Å². The second-order valence-corrected chi connectivity index (χ2v) is 15.2. The van der Waals surface area contributed by atoms with Crippen molar-refractivity contribution in [2.24, 2.45) is 0 Å². The molecule has 2 heteroatoms. The van der Waals surface area contributed by atoms with Crippen LogP contribution in [0.5, 0.6) is 0 Å². The summed E-state index contributed by atoms with van der Waals surface area (Å²) in [5.74, 6) is 0. The van der Waals surface area contributed by atoms with Crippen molar-refractivity contribution in [1.82, 2.24) is 0 Å². The van der Waals surface area contributed by atoms with Crippen LogP contribution < -0.4 is 4.90 Å². The van der Waals surface area contributed by atoms with E-state index in [-0.39, 0.29) is 0 Å². The van der Waals surface area contributed by atoms with Gasteiger partial charge in [-0.1, -0.05) is 206 Å². The zero-order valence-corrected chi connectivity index (χ0v) is 32.9. The van der Waals surface area contributed by atoms with Gasteiger partial charge in [0.05, 0.1) is 11.4 Å². The van der Waals surface area contributed by atoms with E-state index in [0.717, 1.165) is 50.1 Å². The molecule has 11 rings (SSSR count). The molecule has 0 aliphatic heterocycles. The van der Waals surface area contributed by atoms with Crippen LogP contribution in [0.2, 0.25) is 0 Å². The molecule has 10 aromatic carbocycles. The van der Waals surface area contributed by atoms with Crippen LogP contribution in [0, 0.1) is 0 Å². The molecule has 1 aromatic heterocycles. The summed E-state index contributed by atoms with van der Waals surface area (Å²) in [7, 11) is 0. The lowest BCUT2D eigenvalue weighted by Gasteiger charge is -2.29. The van der Waals surface area contributed by atoms with Crippen molar-refractivity contribution in [3.05, 3.63) is 237 Å². The van der Waals surface area contributed by atoms with Crippen LogP contribution in [-0.2, 0) is 0 Å². The number of benzene rings is 10. The van der Waals surface area contributed by atoms with Gasteiger partial charge in [-0.25, -0.2) is 0 Å². The van der Waals surface area contributed by atoms with E-state index in [4.69, 9.17) is 4.42 Å². The molecule has 0 unspecified atom stereocenters. The van der Waals surface area contributed by atoms with Crippen LogP contribution in [0.3, 0.4) is 0 Å². The number of hydrogen-bond acceptors (Lipinski definition) is 2. The lowest BCUT2D eigenvalue weighted by atomic mass is 9.84. The largest absolute Gasteiger partial charge is 0.454 e. The Hall–Kier alpha value is -7.94. The predicted molar refractivity (Wildman–Crippen MR) is 253 cm³/mol. The van der Waals surface area contributed by atoms with Crippen LogP contribution in [0.4, 0.5) is 17.1 Å². The van der Waals surface area contributed by atoms with Crippen molar-refractivity contribution in [3.63, 3.8) is 0 Å². The van der Waals surface area contributed by atoms with Crippen LogP contribution in [0.15, 0.2) is 241 Å².